The van der Waals surface area contributed by atoms with E-state index < -0.39 is 39.1 Å². The molecule has 1 aromatic rings. The number of hydrogen-bond donors (Lipinski definition) is 1. The van der Waals surface area contributed by atoms with Crippen LogP contribution in [0.2, 0.25) is 0 Å². The van der Waals surface area contributed by atoms with Gasteiger partial charge in [0.25, 0.3) is 5.91 Å². The van der Waals surface area contributed by atoms with E-state index in [2.05, 4.69) is 5.32 Å². The van der Waals surface area contributed by atoms with Crippen molar-refractivity contribution in [3.63, 3.8) is 0 Å². The summed E-state index contributed by atoms with van der Waals surface area (Å²) in [5, 5.41) is 24.3. The van der Waals surface area contributed by atoms with Crippen molar-refractivity contribution < 1.29 is 24.2 Å². The van der Waals surface area contributed by atoms with Crippen molar-refractivity contribution in [2.75, 3.05) is 0 Å². The molecule has 1 atom stereocenters. The molecule has 0 saturated carbocycles. The number of esters is 1. The molecule has 0 unspecified atom stereocenters. The van der Waals surface area contributed by atoms with Gasteiger partial charge in [0.1, 0.15) is 6.04 Å². The lowest BCUT2D eigenvalue weighted by Crippen LogP contribution is -2.43. The first kappa shape index (κ1) is 21.0. The number of nitro groups is 2. The second-order valence-corrected chi connectivity index (χ2v) is 6.36. The van der Waals surface area contributed by atoms with Gasteiger partial charge in [-0.25, -0.2) is 4.79 Å². The van der Waals surface area contributed by atoms with Gasteiger partial charge in [0, 0.05) is 17.7 Å². The van der Waals surface area contributed by atoms with Crippen LogP contribution in [-0.4, -0.2) is 33.9 Å². The number of nitrogens with zero attached hydrogens (tertiary/aromatic N) is 2. The van der Waals surface area contributed by atoms with Gasteiger partial charge in [0.05, 0.1) is 16.0 Å². The normalized spacial score (nSPS) is 11.9. The number of carbonyl (C=O) groups excluding carboxylic acids is 2. The summed E-state index contributed by atoms with van der Waals surface area (Å²) in [6.45, 7) is 7.06. The highest BCUT2D eigenvalue weighted by molar-refractivity contribution is 5.97. The zero-order chi connectivity index (χ0) is 20.0. The lowest BCUT2D eigenvalue weighted by molar-refractivity contribution is -0.422. The Hall–Kier alpha value is -3.04. The number of hydrogen-bond acceptors (Lipinski definition) is 7. The molecule has 0 fully saturated rings. The van der Waals surface area contributed by atoms with Crippen molar-refractivity contribution in [2.45, 2.75) is 46.3 Å². The van der Waals surface area contributed by atoms with Crippen LogP contribution in [0, 0.1) is 26.1 Å². The van der Waals surface area contributed by atoms with E-state index in [1.54, 1.807) is 13.8 Å². The molecule has 0 aliphatic heterocycles. The minimum atomic E-state index is -0.937. The van der Waals surface area contributed by atoms with E-state index in [0.717, 1.165) is 18.2 Å². The Kier molecular flexibility index (Phi) is 7.17. The third kappa shape index (κ3) is 5.80. The van der Waals surface area contributed by atoms with E-state index in [-0.39, 0.29) is 17.6 Å². The Balaban J connectivity index is 3.09. The Morgan fingerprint density at radius 2 is 1.65 bits per heavy atom. The molecule has 0 aliphatic rings. The average Bonchev–Trinajstić information content (AvgIpc) is 2.52. The van der Waals surface area contributed by atoms with Crippen molar-refractivity contribution in [1.82, 2.24) is 5.32 Å². The largest absolute Gasteiger partial charge is 0.461 e. The number of benzene rings is 1. The first-order valence-electron chi connectivity index (χ1n) is 7.97. The summed E-state index contributed by atoms with van der Waals surface area (Å²) in [7, 11) is 0. The van der Waals surface area contributed by atoms with Crippen molar-refractivity contribution in [2.24, 2.45) is 5.92 Å². The molecule has 0 bridgehead atoms. The highest BCUT2D eigenvalue weighted by Gasteiger charge is 2.28. The zero-order valence-corrected chi connectivity index (χ0v) is 14.9. The van der Waals surface area contributed by atoms with E-state index in [0.29, 0.717) is 6.42 Å². The predicted octanol–water partition coefficient (Wildman–Crippen LogP) is 2.60. The molecule has 0 saturated heterocycles. The molecule has 10 nitrogen and oxygen atoms in total. The minimum Gasteiger partial charge on any atom is -0.461 e. The number of nitrogens with one attached hydrogen (secondary N) is 1. The number of rotatable bonds is 8. The quantitative estimate of drug-likeness (QED) is 0.423. The van der Waals surface area contributed by atoms with E-state index >= 15 is 0 Å². The third-order valence-electron chi connectivity index (χ3n) is 3.28. The SMILES string of the molecule is CC(C)C[C@H](NC(=O)c1ccc([N+](=O)[O-])c([N+](=O)[O-])c1)C(=O)OC(C)C. The van der Waals surface area contributed by atoms with E-state index in [4.69, 9.17) is 4.74 Å². The highest BCUT2D eigenvalue weighted by atomic mass is 16.6. The number of ether oxygens (including phenoxy) is 1. The van der Waals surface area contributed by atoms with Crippen molar-refractivity contribution >= 4 is 23.3 Å². The van der Waals surface area contributed by atoms with Gasteiger partial charge in [0.15, 0.2) is 0 Å². The summed E-state index contributed by atoms with van der Waals surface area (Å²) >= 11 is 0. The van der Waals surface area contributed by atoms with Crippen LogP contribution in [0.1, 0.15) is 44.5 Å². The standard InChI is InChI=1S/C16H21N3O7/c1-9(2)7-12(16(21)26-10(3)4)17-15(20)11-5-6-13(18(22)23)14(8-11)19(24)25/h5-6,8-10,12H,7H2,1-4H3,(H,17,20)/t12-/m0/s1. The molecular weight excluding hydrogens is 346 g/mol. The minimum absolute atomic E-state index is 0.0752. The van der Waals surface area contributed by atoms with Gasteiger partial charge in [-0.1, -0.05) is 13.8 Å². The molecule has 0 heterocycles. The lowest BCUT2D eigenvalue weighted by atomic mass is 10.0. The summed E-state index contributed by atoms with van der Waals surface area (Å²) in [5.74, 6) is -1.29. The van der Waals surface area contributed by atoms with Crippen molar-refractivity contribution in [3.8, 4) is 0 Å². The van der Waals surface area contributed by atoms with Crippen LogP contribution in [0.5, 0.6) is 0 Å². The van der Waals surface area contributed by atoms with Gasteiger partial charge >= 0.3 is 17.3 Å². The van der Waals surface area contributed by atoms with Crippen molar-refractivity contribution in [1.29, 1.82) is 0 Å². The molecule has 1 amide bonds. The molecule has 1 rings (SSSR count). The first-order chi connectivity index (χ1) is 12.0. The third-order valence-corrected chi connectivity index (χ3v) is 3.28. The van der Waals surface area contributed by atoms with Gasteiger partial charge < -0.3 is 10.1 Å². The number of carbonyl (C=O) groups is 2. The lowest BCUT2D eigenvalue weighted by Gasteiger charge is -2.20. The molecule has 10 heteroatoms. The van der Waals surface area contributed by atoms with E-state index in [1.165, 1.54) is 0 Å². The summed E-state index contributed by atoms with van der Waals surface area (Å²) in [5.41, 5.74) is -1.68. The maximum absolute atomic E-state index is 12.4. The van der Waals surface area contributed by atoms with Crippen LogP contribution in [-0.2, 0) is 9.53 Å². The number of amides is 1. The first-order valence-corrected chi connectivity index (χ1v) is 7.97. The van der Waals surface area contributed by atoms with Crippen LogP contribution < -0.4 is 5.32 Å². The summed E-state index contributed by atoms with van der Waals surface area (Å²) in [6, 6.07) is 1.87. The Morgan fingerprint density at radius 1 is 1.08 bits per heavy atom. The van der Waals surface area contributed by atoms with Gasteiger partial charge in [-0.3, -0.25) is 25.0 Å². The van der Waals surface area contributed by atoms with Crippen LogP contribution in [0.25, 0.3) is 0 Å². The van der Waals surface area contributed by atoms with E-state index in [1.807, 2.05) is 13.8 Å². The maximum Gasteiger partial charge on any atom is 0.346 e. The van der Waals surface area contributed by atoms with Gasteiger partial charge in [-0.15, -0.1) is 0 Å². The van der Waals surface area contributed by atoms with Crippen molar-refractivity contribution in [3.05, 3.63) is 44.0 Å². The van der Waals surface area contributed by atoms with Crippen LogP contribution in [0.4, 0.5) is 11.4 Å². The summed E-state index contributed by atoms with van der Waals surface area (Å²) in [4.78, 5) is 44.5. The topological polar surface area (TPSA) is 142 Å². The molecule has 0 aromatic heterocycles. The monoisotopic (exact) mass is 367 g/mol. The molecular formula is C16H21N3O7. The smallest absolute Gasteiger partial charge is 0.346 e. The fourth-order valence-electron chi connectivity index (χ4n) is 2.21. The van der Waals surface area contributed by atoms with Gasteiger partial charge in [-0.2, -0.15) is 0 Å². The number of nitro benzene ring substituents is 2. The molecule has 0 spiro atoms. The van der Waals surface area contributed by atoms with Gasteiger partial charge in [0.2, 0.25) is 0 Å². The molecule has 0 aliphatic carbocycles. The maximum atomic E-state index is 12.4. The van der Waals surface area contributed by atoms with Crippen LogP contribution in [0.3, 0.4) is 0 Å². The molecule has 142 valence electrons. The van der Waals surface area contributed by atoms with Gasteiger partial charge in [-0.05, 0) is 32.3 Å². The Labute approximate surface area is 149 Å². The highest BCUT2D eigenvalue weighted by Crippen LogP contribution is 2.27. The van der Waals surface area contributed by atoms with Crippen LogP contribution in [0.15, 0.2) is 18.2 Å². The Bertz CT molecular complexity index is 716. The molecule has 0 radical (unpaired) electrons. The van der Waals surface area contributed by atoms with Crippen LogP contribution >= 0.6 is 0 Å². The molecule has 1 N–H and O–H groups in total. The fraction of sp³-hybridized carbons (Fsp3) is 0.500. The summed E-state index contributed by atoms with van der Waals surface area (Å²) in [6.07, 6.45) is -0.0543. The second-order valence-electron chi connectivity index (χ2n) is 6.36. The molecule has 26 heavy (non-hydrogen) atoms. The predicted molar refractivity (Wildman–Crippen MR) is 91.7 cm³/mol. The van der Waals surface area contributed by atoms with E-state index in [9.17, 15) is 29.8 Å². The summed E-state index contributed by atoms with van der Waals surface area (Å²) < 4.78 is 5.11. The second kappa shape index (κ2) is 8.88. The Morgan fingerprint density at radius 3 is 2.12 bits per heavy atom. The average molecular weight is 367 g/mol. The zero-order valence-electron chi connectivity index (χ0n) is 14.9. The molecule has 1 aromatic carbocycles. The fourth-order valence-corrected chi connectivity index (χ4v) is 2.21.